The van der Waals surface area contributed by atoms with Crippen LogP contribution in [0.3, 0.4) is 0 Å². The molecule has 2 aromatic carbocycles. The molecule has 0 fully saturated rings. The van der Waals surface area contributed by atoms with Gasteiger partial charge in [0, 0.05) is 24.8 Å². The van der Waals surface area contributed by atoms with E-state index < -0.39 is 0 Å². The molecule has 0 spiro atoms. The van der Waals surface area contributed by atoms with Crippen LogP contribution in [0.2, 0.25) is 0 Å². The van der Waals surface area contributed by atoms with Crippen LogP contribution in [-0.2, 0) is 0 Å². The Morgan fingerprint density at radius 1 is 1.14 bits per heavy atom. The second kappa shape index (κ2) is 11.3. The summed E-state index contributed by atoms with van der Waals surface area (Å²) in [5.74, 6) is 0.0979. The molecule has 0 aliphatic carbocycles. The zero-order chi connectivity index (χ0) is 20.4. The monoisotopic (exact) mass is 387 g/mol. The van der Waals surface area contributed by atoms with Crippen LogP contribution in [0.5, 0.6) is 5.75 Å². The summed E-state index contributed by atoms with van der Waals surface area (Å²) in [6.07, 6.45) is 2.99. The Hall–Kier alpha value is -2.60. The second-order valence-corrected chi connectivity index (χ2v) is 6.73. The minimum Gasteiger partial charge on any atom is -0.494 e. The zero-order valence-corrected chi connectivity index (χ0v) is 16.9. The Labute approximate surface area is 166 Å². The van der Waals surface area contributed by atoms with Gasteiger partial charge in [0.05, 0.1) is 12.3 Å². The average molecular weight is 387 g/mol. The molecule has 0 unspecified atom stereocenters. The third-order valence-electron chi connectivity index (χ3n) is 4.42. The summed E-state index contributed by atoms with van der Waals surface area (Å²) in [4.78, 5) is 14.3. The summed E-state index contributed by atoms with van der Waals surface area (Å²) in [5.41, 5.74) is 1.44. The average Bonchev–Trinajstić information content (AvgIpc) is 2.69. The number of carbonyl (C=O) groups excluding carboxylic acids is 1. The van der Waals surface area contributed by atoms with Crippen LogP contribution in [0.15, 0.2) is 42.5 Å². The van der Waals surface area contributed by atoms with Crippen molar-refractivity contribution in [3.8, 4) is 5.75 Å². The first-order valence-corrected chi connectivity index (χ1v) is 9.74. The molecule has 2 aromatic rings. The van der Waals surface area contributed by atoms with Gasteiger partial charge in [-0.25, -0.2) is 4.39 Å². The van der Waals surface area contributed by atoms with E-state index in [-0.39, 0.29) is 11.7 Å². The van der Waals surface area contributed by atoms with Gasteiger partial charge in [-0.3, -0.25) is 4.79 Å². The largest absolute Gasteiger partial charge is 0.494 e. The van der Waals surface area contributed by atoms with Gasteiger partial charge in [-0.1, -0.05) is 13.3 Å². The van der Waals surface area contributed by atoms with E-state index in [0.717, 1.165) is 38.1 Å². The molecule has 0 radical (unpaired) electrons. The number of unbranched alkanes of at least 4 members (excludes halogenated alkanes) is 1. The number of hydrogen-bond acceptors (Lipinski definition) is 4. The number of benzene rings is 2. The van der Waals surface area contributed by atoms with Crippen LogP contribution < -0.4 is 20.3 Å². The molecule has 0 aromatic heterocycles. The summed E-state index contributed by atoms with van der Waals surface area (Å²) in [5, 5.41) is 5.82. The van der Waals surface area contributed by atoms with Crippen molar-refractivity contribution >= 4 is 17.3 Å². The van der Waals surface area contributed by atoms with Crippen LogP contribution in [0.25, 0.3) is 0 Å². The summed E-state index contributed by atoms with van der Waals surface area (Å²) < 4.78 is 20.0. The van der Waals surface area contributed by atoms with Gasteiger partial charge in [-0.15, -0.1) is 0 Å². The van der Waals surface area contributed by atoms with Gasteiger partial charge < -0.3 is 20.3 Å². The number of rotatable bonds is 11. The molecule has 0 atom stereocenters. The molecule has 2 rings (SSSR count). The van der Waals surface area contributed by atoms with Crippen LogP contribution in [0.4, 0.5) is 15.8 Å². The fourth-order valence-electron chi connectivity index (χ4n) is 2.75. The Kier molecular flexibility index (Phi) is 8.75. The second-order valence-electron chi connectivity index (χ2n) is 6.73. The van der Waals surface area contributed by atoms with E-state index in [9.17, 15) is 9.18 Å². The minimum atomic E-state index is -0.357. The van der Waals surface area contributed by atoms with Crippen molar-refractivity contribution in [1.29, 1.82) is 0 Å². The van der Waals surface area contributed by atoms with Gasteiger partial charge in [0.15, 0.2) is 0 Å². The lowest BCUT2D eigenvalue weighted by molar-refractivity contribution is 0.102. The number of hydrogen-bond donors (Lipinski definition) is 2. The Balaban J connectivity index is 1.95. The van der Waals surface area contributed by atoms with Crippen molar-refractivity contribution in [1.82, 2.24) is 5.32 Å². The quantitative estimate of drug-likeness (QED) is 0.565. The van der Waals surface area contributed by atoms with E-state index in [1.165, 1.54) is 6.07 Å². The van der Waals surface area contributed by atoms with Crippen LogP contribution >= 0.6 is 0 Å². The number of carbonyl (C=O) groups is 1. The number of anilines is 2. The number of ether oxygens (including phenoxy) is 1. The molecule has 1 amide bonds. The lowest BCUT2D eigenvalue weighted by Crippen LogP contribution is -2.23. The molecule has 0 heterocycles. The van der Waals surface area contributed by atoms with Crippen LogP contribution in [0.1, 0.15) is 36.5 Å². The van der Waals surface area contributed by atoms with Crippen molar-refractivity contribution in [3.63, 3.8) is 0 Å². The van der Waals surface area contributed by atoms with Gasteiger partial charge in [-0.2, -0.15) is 0 Å². The van der Waals surface area contributed by atoms with E-state index in [1.54, 1.807) is 36.4 Å². The maximum atomic E-state index is 14.4. The summed E-state index contributed by atoms with van der Waals surface area (Å²) >= 11 is 0. The standard InChI is InChI=1S/C22H30FN3O2/c1-4-5-15-28-19-10-7-17(8-11-19)22(27)25-18-9-12-21(20(23)16-18)26(3)14-6-13-24-2/h7-12,16,24H,4-6,13-15H2,1-3H3,(H,25,27). The van der Waals surface area contributed by atoms with Gasteiger partial charge in [0.2, 0.25) is 0 Å². The molecule has 0 aliphatic rings. The van der Waals surface area contributed by atoms with Gasteiger partial charge >= 0.3 is 0 Å². The third kappa shape index (κ3) is 6.53. The minimum absolute atomic E-state index is 0.283. The molecule has 5 nitrogen and oxygen atoms in total. The first-order chi connectivity index (χ1) is 13.5. The predicted octanol–water partition coefficient (Wildman–Crippen LogP) is 4.30. The molecule has 0 aliphatic heterocycles. The number of nitrogens with zero attached hydrogens (tertiary/aromatic N) is 1. The Morgan fingerprint density at radius 2 is 1.89 bits per heavy atom. The van der Waals surface area contributed by atoms with Crippen LogP contribution in [-0.4, -0.2) is 39.7 Å². The van der Waals surface area contributed by atoms with Crippen molar-refractivity contribution in [3.05, 3.63) is 53.8 Å². The van der Waals surface area contributed by atoms with E-state index >= 15 is 0 Å². The maximum Gasteiger partial charge on any atom is 0.255 e. The summed E-state index contributed by atoms with van der Waals surface area (Å²) in [6, 6.07) is 11.7. The molecule has 28 heavy (non-hydrogen) atoms. The number of halogens is 1. The fraction of sp³-hybridized carbons (Fsp3) is 0.409. The number of amides is 1. The van der Waals surface area contributed by atoms with Gasteiger partial charge in [-0.05, 0) is 68.9 Å². The third-order valence-corrected chi connectivity index (χ3v) is 4.42. The Morgan fingerprint density at radius 3 is 2.54 bits per heavy atom. The van der Waals surface area contributed by atoms with Crippen molar-refractivity contribution in [2.24, 2.45) is 0 Å². The first kappa shape index (κ1) is 21.7. The molecule has 0 bridgehead atoms. The summed E-state index contributed by atoms with van der Waals surface area (Å²) in [6.45, 7) is 4.39. The van der Waals surface area contributed by atoms with E-state index in [1.807, 2.05) is 19.0 Å². The molecule has 6 heteroatoms. The lowest BCUT2D eigenvalue weighted by atomic mass is 10.2. The Bertz CT molecular complexity index is 750. The smallest absolute Gasteiger partial charge is 0.255 e. The number of nitrogens with one attached hydrogen (secondary N) is 2. The van der Waals surface area contributed by atoms with Crippen molar-refractivity contribution in [2.75, 3.05) is 44.0 Å². The normalized spacial score (nSPS) is 10.6. The molecule has 0 saturated heterocycles. The van der Waals surface area contributed by atoms with Crippen molar-refractivity contribution in [2.45, 2.75) is 26.2 Å². The SMILES string of the molecule is CCCCOc1ccc(C(=O)Nc2ccc(N(C)CCCNC)c(F)c2)cc1. The topological polar surface area (TPSA) is 53.6 Å². The van der Waals surface area contributed by atoms with E-state index in [0.29, 0.717) is 23.5 Å². The molecule has 2 N–H and O–H groups in total. The summed E-state index contributed by atoms with van der Waals surface area (Å²) in [7, 11) is 3.75. The van der Waals surface area contributed by atoms with E-state index in [4.69, 9.17) is 4.74 Å². The highest BCUT2D eigenvalue weighted by Gasteiger charge is 2.11. The predicted molar refractivity (Wildman–Crippen MR) is 113 cm³/mol. The first-order valence-electron chi connectivity index (χ1n) is 9.74. The van der Waals surface area contributed by atoms with Crippen molar-refractivity contribution < 1.29 is 13.9 Å². The van der Waals surface area contributed by atoms with E-state index in [2.05, 4.69) is 17.6 Å². The lowest BCUT2D eigenvalue weighted by Gasteiger charge is -2.20. The van der Waals surface area contributed by atoms with Gasteiger partial charge in [0.1, 0.15) is 11.6 Å². The highest BCUT2D eigenvalue weighted by molar-refractivity contribution is 6.04. The zero-order valence-electron chi connectivity index (χ0n) is 16.9. The maximum absolute atomic E-state index is 14.4. The highest BCUT2D eigenvalue weighted by Crippen LogP contribution is 2.23. The highest BCUT2D eigenvalue weighted by atomic mass is 19.1. The molecule has 152 valence electrons. The van der Waals surface area contributed by atoms with Crippen LogP contribution in [0, 0.1) is 5.82 Å². The fourth-order valence-corrected chi connectivity index (χ4v) is 2.75. The van der Waals surface area contributed by atoms with Gasteiger partial charge in [0.25, 0.3) is 5.91 Å². The molecular weight excluding hydrogens is 357 g/mol. The molecule has 0 saturated carbocycles. The molecular formula is C22H30FN3O2.